The van der Waals surface area contributed by atoms with Crippen LogP contribution < -0.4 is 5.32 Å². The lowest BCUT2D eigenvalue weighted by Crippen LogP contribution is -2.34. The highest BCUT2D eigenvalue weighted by Crippen LogP contribution is 2.23. The SMILES string of the molecule is O=C(Cn1cnc2ccccc21)NCC1CCC(O)CC1. The molecule has 1 fully saturated rings. The molecule has 0 atom stereocenters. The average Bonchev–Trinajstić information content (AvgIpc) is 2.90. The van der Waals surface area contributed by atoms with Crippen LogP contribution in [-0.4, -0.2) is 33.2 Å². The van der Waals surface area contributed by atoms with E-state index in [2.05, 4.69) is 10.3 Å². The number of carbonyl (C=O) groups is 1. The van der Waals surface area contributed by atoms with E-state index in [4.69, 9.17) is 0 Å². The molecule has 21 heavy (non-hydrogen) atoms. The molecule has 112 valence electrons. The van der Waals surface area contributed by atoms with Gasteiger partial charge in [0.2, 0.25) is 5.91 Å². The third-order valence-corrected chi connectivity index (χ3v) is 4.25. The van der Waals surface area contributed by atoms with Crippen molar-refractivity contribution in [1.29, 1.82) is 0 Å². The Labute approximate surface area is 124 Å². The van der Waals surface area contributed by atoms with Crippen molar-refractivity contribution in [2.45, 2.75) is 38.3 Å². The molecule has 2 N–H and O–H groups in total. The number of aliphatic hydroxyl groups excluding tert-OH is 1. The van der Waals surface area contributed by atoms with Crippen LogP contribution in [0.5, 0.6) is 0 Å². The molecule has 0 saturated heterocycles. The Kier molecular flexibility index (Phi) is 4.20. The van der Waals surface area contributed by atoms with Crippen molar-refractivity contribution >= 4 is 16.9 Å². The van der Waals surface area contributed by atoms with E-state index in [9.17, 15) is 9.90 Å². The quantitative estimate of drug-likeness (QED) is 0.899. The minimum Gasteiger partial charge on any atom is -0.393 e. The molecule has 5 heteroatoms. The molecule has 5 nitrogen and oxygen atoms in total. The highest BCUT2D eigenvalue weighted by molar-refractivity contribution is 5.80. The predicted octanol–water partition coefficient (Wildman–Crippen LogP) is 1.70. The van der Waals surface area contributed by atoms with Gasteiger partial charge in [0, 0.05) is 6.54 Å². The van der Waals surface area contributed by atoms with Gasteiger partial charge in [-0.15, -0.1) is 0 Å². The smallest absolute Gasteiger partial charge is 0.240 e. The number of amides is 1. The van der Waals surface area contributed by atoms with Crippen LogP contribution in [0.15, 0.2) is 30.6 Å². The second-order valence-corrected chi connectivity index (χ2v) is 5.84. The molecule has 0 unspecified atom stereocenters. The van der Waals surface area contributed by atoms with Gasteiger partial charge in [-0.05, 0) is 43.7 Å². The normalized spacial score (nSPS) is 22.3. The Bertz CT molecular complexity index is 615. The van der Waals surface area contributed by atoms with Gasteiger partial charge in [-0.1, -0.05) is 12.1 Å². The zero-order valence-electron chi connectivity index (χ0n) is 12.0. The summed E-state index contributed by atoms with van der Waals surface area (Å²) in [6.45, 7) is 1.01. The minimum absolute atomic E-state index is 0.0178. The number of benzene rings is 1. The van der Waals surface area contributed by atoms with Crippen molar-refractivity contribution in [1.82, 2.24) is 14.9 Å². The molecule has 3 rings (SSSR count). The van der Waals surface area contributed by atoms with Gasteiger partial charge < -0.3 is 15.0 Å². The first-order valence-corrected chi connectivity index (χ1v) is 7.57. The summed E-state index contributed by atoms with van der Waals surface area (Å²) in [5.74, 6) is 0.515. The highest BCUT2D eigenvalue weighted by Gasteiger charge is 2.19. The van der Waals surface area contributed by atoms with Crippen LogP contribution >= 0.6 is 0 Å². The van der Waals surface area contributed by atoms with E-state index in [1.54, 1.807) is 6.33 Å². The molecule has 1 amide bonds. The van der Waals surface area contributed by atoms with Crippen LogP contribution in [0, 0.1) is 5.92 Å². The van der Waals surface area contributed by atoms with E-state index in [0.29, 0.717) is 19.0 Å². The third-order valence-electron chi connectivity index (χ3n) is 4.25. The molecule has 1 aliphatic rings. The Balaban J connectivity index is 1.52. The fourth-order valence-corrected chi connectivity index (χ4v) is 2.95. The van der Waals surface area contributed by atoms with Crippen LogP contribution in [0.1, 0.15) is 25.7 Å². The molecule has 0 spiro atoms. The molecule has 0 bridgehead atoms. The first-order chi connectivity index (χ1) is 10.2. The van der Waals surface area contributed by atoms with Gasteiger partial charge in [0.05, 0.1) is 23.5 Å². The van der Waals surface area contributed by atoms with Gasteiger partial charge in [-0.25, -0.2) is 4.98 Å². The first kappa shape index (κ1) is 14.1. The fraction of sp³-hybridized carbons (Fsp3) is 0.500. The molecular formula is C16H21N3O2. The average molecular weight is 287 g/mol. The summed E-state index contributed by atoms with van der Waals surface area (Å²) >= 11 is 0. The number of rotatable bonds is 4. The third kappa shape index (κ3) is 3.42. The number of para-hydroxylation sites is 2. The van der Waals surface area contributed by atoms with Crippen molar-refractivity contribution in [3.05, 3.63) is 30.6 Å². The summed E-state index contributed by atoms with van der Waals surface area (Å²) in [5.41, 5.74) is 1.89. The summed E-state index contributed by atoms with van der Waals surface area (Å²) in [5, 5.41) is 12.5. The Hall–Kier alpha value is -1.88. The standard InChI is InChI=1S/C16H21N3O2/c20-13-7-5-12(6-8-13)9-17-16(21)10-19-11-18-14-3-1-2-4-15(14)19/h1-4,11-13,20H,5-10H2,(H,17,21). The minimum atomic E-state index is -0.144. The van der Waals surface area contributed by atoms with Crippen molar-refractivity contribution in [2.75, 3.05) is 6.54 Å². The van der Waals surface area contributed by atoms with Crippen molar-refractivity contribution in [3.63, 3.8) is 0 Å². The second-order valence-electron chi connectivity index (χ2n) is 5.84. The van der Waals surface area contributed by atoms with Gasteiger partial charge in [0.1, 0.15) is 6.54 Å². The van der Waals surface area contributed by atoms with Crippen LogP contribution in [0.3, 0.4) is 0 Å². The molecule has 1 saturated carbocycles. The monoisotopic (exact) mass is 287 g/mol. The summed E-state index contributed by atoms with van der Waals surface area (Å²) in [4.78, 5) is 16.3. The number of aliphatic hydroxyl groups is 1. The Morgan fingerprint density at radius 2 is 2.05 bits per heavy atom. The van der Waals surface area contributed by atoms with E-state index in [1.807, 2.05) is 28.8 Å². The van der Waals surface area contributed by atoms with E-state index in [-0.39, 0.29) is 12.0 Å². The number of fused-ring (bicyclic) bond motifs is 1. The van der Waals surface area contributed by atoms with Crippen molar-refractivity contribution in [2.24, 2.45) is 5.92 Å². The largest absolute Gasteiger partial charge is 0.393 e. The molecule has 1 aliphatic carbocycles. The number of nitrogens with one attached hydrogen (secondary N) is 1. The van der Waals surface area contributed by atoms with E-state index in [1.165, 1.54) is 0 Å². The maximum atomic E-state index is 12.1. The maximum absolute atomic E-state index is 12.1. The number of imidazole rings is 1. The highest BCUT2D eigenvalue weighted by atomic mass is 16.3. The number of hydrogen-bond donors (Lipinski definition) is 2. The maximum Gasteiger partial charge on any atom is 0.240 e. The topological polar surface area (TPSA) is 67.2 Å². The van der Waals surface area contributed by atoms with Gasteiger partial charge in [-0.2, -0.15) is 0 Å². The molecule has 0 aliphatic heterocycles. The molecule has 1 aromatic carbocycles. The summed E-state index contributed by atoms with van der Waals surface area (Å²) in [6.07, 6.45) is 5.26. The Morgan fingerprint density at radius 1 is 1.29 bits per heavy atom. The number of carbonyl (C=O) groups excluding carboxylic acids is 1. The molecule has 1 heterocycles. The predicted molar refractivity (Wildman–Crippen MR) is 80.7 cm³/mol. The lowest BCUT2D eigenvalue weighted by molar-refractivity contribution is -0.121. The lowest BCUT2D eigenvalue weighted by atomic mass is 9.87. The van der Waals surface area contributed by atoms with Gasteiger partial charge >= 0.3 is 0 Å². The number of aromatic nitrogens is 2. The van der Waals surface area contributed by atoms with Crippen molar-refractivity contribution < 1.29 is 9.90 Å². The summed E-state index contributed by atoms with van der Waals surface area (Å²) in [7, 11) is 0. The van der Waals surface area contributed by atoms with Gasteiger partial charge in [0.15, 0.2) is 0 Å². The summed E-state index contributed by atoms with van der Waals surface area (Å²) < 4.78 is 1.87. The van der Waals surface area contributed by atoms with Gasteiger partial charge in [-0.3, -0.25) is 4.79 Å². The van der Waals surface area contributed by atoms with Crippen LogP contribution in [-0.2, 0) is 11.3 Å². The zero-order chi connectivity index (χ0) is 14.7. The molecular weight excluding hydrogens is 266 g/mol. The molecule has 0 radical (unpaired) electrons. The van der Waals surface area contributed by atoms with E-state index >= 15 is 0 Å². The van der Waals surface area contributed by atoms with E-state index < -0.39 is 0 Å². The Morgan fingerprint density at radius 3 is 2.86 bits per heavy atom. The van der Waals surface area contributed by atoms with Crippen LogP contribution in [0.2, 0.25) is 0 Å². The van der Waals surface area contributed by atoms with Crippen molar-refractivity contribution in [3.8, 4) is 0 Å². The first-order valence-electron chi connectivity index (χ1n) is 7.57. The fourth-order valence-electron chi connectivity index (χ4n) is 2.95. The van der Waals surface area contributed by atoms with E-state index in [0.717, 1.165) is 36.7 Å². The van der Waals surface area contributed by atoms with Crippen LogP contribution in [0.25, 0.3) is 11.0 Å². The molecule has 2 aromatic rings. The number of hydrogen-bond acceptors (Lipinski definition) is 3. The number of nitrogens with zero attached hydrogens (tertiary/aromatic N) is 2. The molecule has 1 aromatic heterocycles. The zero-order valence-corrected chi connectivity index (χ0v) is 12.0. The van der Waals surface area contributed by atoms with Crippen LogP contribution in [0.4, 0.5) is 0 Å². The second kappa shape index (κ2) is 6.26. The van der Waals surface area contributed by atoms with Gasteiger partial charge in [0.25, 0.3) is 0 Å². The lowest BCUT2D eigenvalue weighted by Gasteiger charge is -2.25. The summed E-state index contributed by atoms with van der Waals surface area (Å²) in [6, 6.07) is 7.80.